The fraction of sp³-hybridized carbons (Fsp3) is 0.727. The summed E-state index contributed by atoms with van der Waals surface area (Å²) in [6.07, 6.45) is 5.60. The van der Waals surface area contributed by atoms with Crippen LogP contribution >= 0.6 is 15.9 Å². The molecule has 1 aromatic heterocycles. The molecule has 0 fully saturated rings. The molecule has 0 aliphatic rings. The molecule has 0 saturated carbocycles. The van der Waals surface area contributed by atoms with Crippen LogP contribution in [-0.2, 0) is 13.6 Å². The van der Waals surface area contributed by atoms with Crippen LogP contribution in [-0.4, -0.2) is 14.3 Å². The van der Waals surface area contributed by atoms with Crippen molar-refractivity contribution in [3.8, 4) is 0 Å². The SMILES string of the molecule is CCCCCCCn1nc(Br)c(=O)n(C)c1=O. The number of hydrogen-bond acceptors (Lipinski definition) is 3. The number of hydrogen-bond donors (Lipinski definition) is 0. The van der Waals surface area contributed by atoms with E-state index in [4.69, 9.17) is 0 Å². The number of nitrogens with zero attached hydrogens (tertiary/aromatic N) is 3. The lowest BCUT2D eigenvalue weighted by Gasteiger charge is -2.06. The molecule has 96 valence electrons. The molecule has 0 aliphatic carbocycles. The summed E-state index contributed by atoms with van der Waals surface area (Å²) in [4.78, 5) is 23.1. The fourth-order valence-corrected chi connectivity index (χ4v) is 2.06. The van der Waals surface area contributed by atoms with E-state index in [9.17, 15) is 9.59 Å². The predicted octanol–water partition coefficient (Wildman–Crippen LogP) is 1.67. The molecular weight excluding hydrogens is 286 g/mol. The molecule has 0 amide bonds. The van der Waals surface area contributed by atoms with Gasteiger partial charge in [0.25, 0.3) is 5.56 Å². The molecule has 5 nitrogen and oxygen atoms in total. The molecule has 6 heteroatoms. The molecule has 0 unspecified atom stereocenters. The van der Waals surface area contributed by atoms with Crippen LogP contribution in [0.2, 0.25) is 0 Å². The summed E-state index contributed by atoms with van der Waals surface area (Å²) in [5, 5.41) is 3.94. The van der Waals surface area contributed by atoms with Crippen LogP contribution in [0.1, 0.15) is 39.0 Å². The molecule has 0 aromatic carbocycles. The Morgan fingerprint density at radius 2 is 1.82 bits per heavy atom. The van der Waals surface area contributed by atoms with Crippen molar-refractivity contribution in [2.45, 2.75) is 45.6 Å². The second-order valence-corrected chi connectivity index (χ2v) is 4.83. The highest BCUT2D eigenvalue weighted by molar-refractivity contribution is 9.10. The van der Waals surface area contributed by atoms with Gasteiger partial charge in [0.2, 0.25) is 0 Å². The van der Waals surface area contributed by atoms with Gasteiger partial charge in [-0.2, -0.15) is 5.10 Å². The van der Waals surface area contributed by atoms with Crippen molar-refractivity contribution >= 4 is 15.9 Å². The highest BCUT2D eigenvalue weighted by atomic mass is 79.9. The lowest BCUT2D eigenvalue weighted by Crippen LogP contribution is -2.40. The molecule has 0 saturated heterocycles. The van der Waals surface area contributed by atoms with Gasteiger partial charge in [0.15, 0.2) is 4.60 Å². The van der Waals surface area contributed by atoms with Gasteiger partial charge >= 0.3 is 5.69 Å². The Bertz CT molecular complexity index is 479. The Hall–Kier alpha value is -0.910. The summed E-state index contributed by atoms with van der Waals surface area (Å²) in [6.45, 7) is 2.73. The third kappa shape index (κ3) is 3.80. The van der Waals surface area contributed by atoms with Crippen molar-refractivity contribution < 1.29 is 0 Å². The zero-order valence-corrected chi connectivity index (χ0v) is 11.9. The number of aryl methyl sites for hydroxylation is 1. The number of unbranched alkanes of at least 4 members (excludes halogenated alkanes) is 4. The zero-order valence-electron chi connectivity index (χ0n) is 10.3. The number of aromatic nitrogens is 3. The van der Waals surface area contributed by atoms with E-state index in [1.165, 1.54) is 31.0 Å². The summed E-state index contributed by atoms with van der Waals surface area (Å²) in [5.74, 6) is 0. The van der Waals surface area contributed by atoms with Crippen molar-refractivity contribution in [1.29, 1.82) is 0 Å². The molecule has 0 atom stereocenters. The van der Waals surface area contributed by atoms with Crippen molar-refractivity contribution in [3.05, 3.63) is 25.4 Å². The third-order valence-corrected chi connectivity index (χ3v) is 3.17. The highest BCUT2D eigenvalue weighted by Gasteiger charge is 2.07. The molecule has 1 heterocycles. The minimum Gasteiger partial charge on any atom is -0.266 e. The Morgan fingerprint density at radius 3 is 2.47 bits per heavy atom. The van der Waals surface area contributed by atoms with Crippen LogP contribution in [0.4, 0.5) is 0 Å². The molecule has 0 spiro atoms. The maximum atomic E-state index is 11.7. The average molecular weight is 304 g/mol. The van der Waals surface area contributed by atoms with Crippen molar-refractivity contribution in [1.82, 2.24) is 14.3 Å². The standard InChI is InChI=1S/C11H18BrN3O2/c1-3-4-5-6-7-8-15-11(17)14(2)10(16)9(12)13-15/h3-8H2,1-2H3. The monoisotopic (exact) mass is 303 g/mol. The lowest BCUT2D eigenvalue weighted by atomic mass is 10.1. The quantitative estimate of drug-likeness (QED) is 0.751. The minimum absolute atomic E-state index is 0.188. The first-order valence-electron chi connectivity index (χ1n) is 5.91. The summed E-state index contributed by atoms with van der Waals surface area (Å²) >= 11 is 3.06. The molecule has 1 rings (SSSR count). The first kappa shape index (κ1) is 14.2. The van der Waals surface area contributed by atoms with Crippen LogP contribution in [0.15, 0.2) is 14.2 Å². The van der Waals surface area contributed by atoms with Crippen LogP contribution in [0.5, 0.6) is 0 Å². The molecule has 0 N–H and O–H groups in total. The van der Waals surface area contributed by atoms with E-state index in [-0.39, 0.29) is 10.3 Å². The van der Waals surface area contributed by atoms with Gasteiger partial charge in [-0.15, -0.1) is 0 Å². The summed E-state index contributed by atoms with van der Waals surface area (Å²) < 4.78 is 2.61. The minimum atomic E-state index is -0.391. The Morgan fingerprint density at radius 1 is 1.18 bits per heavy atom. The van der Waals surface area contributed by atoms with Gasteiger partial charge in [-0.1, -0.05) is 32.6 Å². The Balaban J connectivity index is 2.66. The summed E-state index contributed by atoms with van der Waals surface area (Å²) in [7, 11) is 1.46. The van der Waals surface area contributed by atoms with Gasteiger partial charge in [0.05, 0.1) is 0 Å². The van der Waals surface area contributed by atoms with Crippen LogP contribution in [0.25, 0.3) is 0 Å². The second kappa shape index (κ2) is 6.74. The van der Waals surface area contributed by atoms with Crippen molar-refractivity contribution in [3.63, 3.8) is 0 Å². The van der Waals surface area contributed by atoms with Crippen molar-refractivity contribution in [2.24, 2.45) is 7.05 Å². The maximum Gasteiger partial charge on any atom is 0.347 e. The van der Waals surface area contributed by atoms with Gasteiger partial charge in [-0.05, 0) is 22.4 Å². The largest absolute Gasteiger partial charge is 0.347 e. The molecular formula is C11H18BrN3O2. The molecule has 0 aliphatic heterocycles. The first-order chi connectivity index (χ1) is 8.07. The van der Waals surface area contributed by atoms with Gasteiger partial charge in [0, 0.05) is 13.6 Å². The van der Waals surface area contributed by atoms with Gasteiger partial charge < -0.3 is 0 Å². The highest BCUT2D eigenvalue weighted by Crippen LogP contribution is 2.03. The Kier molecular flexibility index (Phi) is 5.61. The first-order valence-corrected chi connectivity index (χ1v) is 6.71. The van der Waals surface area contributed by atoms with Gasteiger partial charge in [-0.3, -0.25) is 9.36 Å². The van der Waals surface area contributed by atoms with E-state index in [2.05, 4.69) is 28.0 Å². The second-order valence-electron chi connectivity index (χ2n) is 4.07. The van der Waals surface area contributed by atoms with E-state index in [1.54, 1.807) is 0 Å². The van der Waals surface area contributed by atoms with Crippen LogP contribution in [0, 0.1) is 0 Å². The van der Waals surface area contributed by atoms with Gasteiger partial charge in [0.1, 0.15) is 0 Å². The van der Waals surface area contributed by atoms with Crippen LogP contribution < -0.4 is 11.2 Å². The summed E-state index contributed by atoms with van der Waals surface area (Å²) in [5.41, 5.74) is -0.745. The fourth-order valence-electron chi connectivity index (χ4n) is 1.60. The molecule has 0 radical (unpaired) electrons. The predicted molar refractivity (Wildman–Crippen MR) is 70.2 cm³/mol. The lowest BCUT2D eigenvalue weighted by molar-refractivity contribution is 0.475. The van der Waals surface area contributed by atoms with Gasteiger partial charge in [-0.25, -0.2) is 9.48 Å². The van der Waals surface area contributed by atoms with E-state index in [0.29, 0.717) is 6.54 Å². The smallest absolute Gasteiger partial charge is 0.266 e. The molecule has 0 bridgehead atoms. The van der Waals surface area contributed by atoms with E-state index in [0.717, 1.165) is 17.4 Å². The van der Waals surface area contributed by atoms with Crippen molar-refractivity contribution in [2.75, 3.05) is 0 Å². The summed E-state index contributed by atoms with van der Waals surface area (Å²) in [6, 6.07) is 0. The average Bonchev–Trinajstić information content (AvgIpc) is 2.32. The van der Waals surface area contributed by atoms with E-state index < -0.39 is 5.56 Å². The molecule has 17 heavy (non-hydrogen) atoms. The van der Waals surface area contributed by atoms with E-state index in [1.807, 2.05) is 0 Å². The third-order valence-electron chi connectivity index (χ3n) is 2.67. The number of halogens is 1. The van der Waals surface area contributed by atoms with E-state index >= 15 is 0 Å². The molecule has 1 aromatic rings. The number of rotatable bonds is 6. The maximum absolute atomic E-state index is 11.7. The zero-order chi connectivity index (χ0) is 12.8. The Labute approximate surface area is 109 Å². The normalized spacial score (nSPS) is 10.8. The topological polar surface area (TPSA) is 56.9 Å². The van der Waals surface area contributed by atoms with Crippen LogP contribution in [0.3, 0.4) is 0 Å².